The number of methoxy groups -OCH3 is 1. The van der Waals surface area contributed by atoms with Crippen LogP contribution in [0.3, 0.4) is 0 Å². The first-order chi connectivity index (χ1) is 12.2. The zero-order chi connectivity index (χ0) is 18.3. The molecule has 0 saturated heterocycles. The fourth-order valence-electron chi connectivity index (χ4n) is 3.30. The molecule has 0 amide bonds. The van der Waals surface area contributed by atoms with Gasteiger partial charge in [-0.2, -0.15) is 0 Å². The minimum Gasteiger partial charge on any atom is -0.508 e. The summed E-state index contributed by atoms with van der Waals surface area (Å²) < 4.78 is 5.15. The lowest BCUT2D eigenvalue weighted by Gasteiger charge is -2.12. The lowest BCUT2D eigenvalue weighted by Crippen LogP contribution is -2.10. The molecule has 0 heterocycles. The van der Waals surface area contributed by atoms with E-state index in [1.807, 2.05) is 6.07 Å². The third kappa shape index (κ3) is 11.1. The molecule has 3 heteroatoms. The fraction of sp³-hybridized carbons (Fsp3) is 0.727. The van der Waals surface area contributed by atoms with Crippen molar-refractivity contribution < 1.29 is 14.9 Å². The molecule has 2 N–H and O–H groups in total. The summed E-state index contributed by atoms with van der Waals surface area (Å²) in [7, 11) is 1.58. The minimum atomic E-state index is -0.343. The number of aromatic hydroxyl groups is 1. The topological polar surface area (TPSA) is 49.7 Å². The molecule has 25 heavy (non-hydrogen) atoms. The predicted molar refractivity (Wildman–Crippen MR) is 105 cm³/mol. The molecule has 1 atom stereocenters. The number of aliphatic hydroxyl groups excluding tert-OH is 1. The standard InChI is InChI=1S/C22H38O3/c1-3-4-5-6-7-8-9-10-11-12-13-14-20(23)15-19-16-21(24)18-22(17-19)25-2/h16-18,20,23-24H,3-15H2,1-2H3/t20-/m0/s1. The van der Waals surface area contributed by atoms with Crippen LogP contribution in [0.4, 0.5) is 0 Å². The van der Waals surface area contributed by atoms with Crippen molar-refractivity contribution in [3.8, 4) is 11.5 Å². The summed E-state index contributed by atoms with van der Waals surface area (Å²) in [5.74, 6) is 0.827. The van der Waals surface area contributed by atoms with Gasteiger partial charge in [-0.05, 0) is 30.5 Å². The van der Waals surface area contributed by atoms with E-state index < -0.39 is 0 Å². The van der Waals surface area contributed by atoms with Crippen molar-refractivity contribution in [3.63, 3.8) is 0 Å². The van der Waals surface area contributed by atoms with Crippen LogP contribution < -0.4 is 4.74 Å². The number of phenols is 1. The van der Waals surface area contributed by atoms with E-state index in [0.29, 0.717) is 12.2 Å². The van der Waals surface area contributed by atoms with E-state index in [2.05, 4.69) is 6.92 Å². The molecular weight excluding hydrogens is 312 g/mol. The van der Waals surface area contributed by atoms with Gasteiger partial charge in [0.1, 0.15) is 11.5 Å². The van der Waals surface area contributed by atoms with Crippen LogP contribution in [0.25, 0.3) is 0 Å². The third-order valence-electron chi connectivity index (χ3n) is 4.80. The van der Waals surface area contributed by atoms with Gasteiger partial charge in [-0.15, -0.1) is 0 Å². The molecule has 0 aliphatic heterocycles. The Morgan fingerprint density at radius 2 is 1.40 bits per heavy atom. The highest BCUT2D eigenvalue weighted by Gasteiger charge is 2.08. The highest BCUT2D eigenvalue weighted by Crippen LogP contribution is 2.23. The van der Waals surface area contributed by atoms with Gasteiger partial charge in [0.05, 0.1) is 13.2 Å². The Bertz CT molecular complexity index is 445. The van der Waals surface area contributed by atoms with E-state index in [0.717, 1.165) is 18.4 Å². The second kappa shape index (κ2) is 14.0. The smallest absolute Gasteiger partial charge is 0.122 e. The van der Waals surface area contributed by atoms with Gasteiger partial charge in [0, 0.05) is 6.07 Å². The lowest BCUT2D eigenvalue weighted by atomic mass is 10.0. The number of hydrogen-bond donors (Lipinski definition) is 2. The molecule has 0 aliphatic carbocycles. The summed E-state index contributed by atoms with van der Waals surface area (Å²) >= 11 is 0. The molecule has 0 fully saturated rings. The summed E-state index contributed by atoms with van der Waals surface area (Å²) in [5, 5.41) is 19.8. The highest BCUT2D eigenvalue weighted by molar-refractivity contribution is 5.37. The Morgan fingerprint density at radius 1 is 0.840 bits per heavy atom. The summed E-state index contributed by atoms with van der Waals surface area (Å²) in [6.45, 7) is 2.26. The minimum absolute atomic E-state index is 0.191. The van der Waals surface area contributed by atoms with Crippen LogP contribution in [0.5, 0.6) is 11.5 Å². The van der Waals surface area contributed by atoms with Crippen molar-refractivity contribution in [1.29, 1.82) is 0 Å². The second-order valence-corrected chi connectivity index (χ2v) is 7.22. The van der Waals surface area contributed by atoms with E-state index in [4.69, 9.17) is 4.74 Å². The zero-order valence-electron chi connectivity index (χ0n) is 16.3. The quantitative estimate of drug-likeness (QED) is 0.381. The van der Waals surface area contributed by atoms with Crippen molar-refractivity contribution in [3.05, 3.63) is 23.8 Å². The number of unbranched alkanes of at least 4 members (excludes halogenated alkanes) is 10. The number of ether oxygens (including phenoxy) is 1. The Balaban J connectivity index is 2.02. The van der Waals surface area contributed by atoms with Crippen molar-refractivity contribution in [2.24, 2.45) is 0 Å². The average molecular weight is 351 g/mol. The van der Waals surface area contributed by atoms with Crippen molar-refractivity contribution in [2.45, 2.75) is 96.5 Å². The Morgan fingerprint density at radius 3 is 1.96 bits per heavy atom. The van der Waals surface area contributed by atoms with Gasteiger partial charge in [0.25, 0.3) is 0 Å². The molecule has 0 aromatic heterocycles. The van der Waals surface area contributed by atoms with Crippen LogP contribution in [0.2, 0.25) is 0 Å². The Hall–Kier alpha value is -1.22. The van der Waals surface area contributed by atoms with E-state index in [-0.39, 0.29) is 11.9 Å². The molecule has 1 aromatic rings. The van der Waals surface area contributed by atoms with Crippen molar-refractivity contribution in [2.75, 3.05) is 7.11 Å². The van der Waals surface area contributed by atoms with Crippen molar-refractivity contribution in [1.82, 2.24) is 0 Å². The maximum Gasteiger partial charge on any atom is 0.122 e. The van der Waals surface area contributed by atoms with Crippen LogP contribution in [-0.2, 0) is 6.42 Å². The van der Waals surface area contributed by atoms with Gasteiger partial charge in [-0.3, -0.25) is 0 Å². The number of aliphatic hydroxyl groups is 1. The summed E-state index contributed by atoms with van der Waals surface area (Å²) in [4.78, 5) is 0. The maximum atomic E-state index is 10.2. The van der Waals surface area contributed by atoms with Gasteiger partial charge in [0.2, 0.25) is 0 Å². The monoisotopic (exact) mass is 350 g/mol. The largest absolute Gasteiger partial charge is 0.508 e. The third-order valence-corrected chi connectivity index (χ3v) is 4.80. The summed E-state index contributed by atoms with van der Waals surface area (Å²) in [6, 6.07) is 5.16. The number of hydrogen-bond acceptors (Lipinski definition) is 3. The van der Waals surface area contributed by atoms with Crippen LogP contribution >= 0.6 is 0 Å². The van der Waals surface area contributed by atoms with E-state index >= 15 is 0 Å². The van der Waals surface area contributed by atoms with Crippen LogP contribution in [0.1, 0.15) is 89.5 Å². The van der Waals surface area contributed by atoms with Crippen molar-refractivity contribution >= 4 is 0 Å². The SMILES string of the molecule is CCCCCCCCCCCCC[C@H](O)Cc1cc(O)cc(OC)c1. The predicted octanol–water partition coefficient (Wildman–Crippen LogP) is 6.01. The van der Waals surface area contributed by atoms with Gasteiger partial charge < -0.3 is 14.9 Å². The summed E-state index contributed by atoms with van der Waals surface area (Å²) in [5.41, 5.74) is 0.924. The summed E-state index contributed by atoms with van der Waals surface area (Å²) in [6.07, 6.45) is 15.6. The van der Waals surface area contributed by atoms with Gasteiger partial charge in [0.15, 0.2) is 0 Å². The Kier molecular flexibility index (Phi) is 12.2. The molecule has 144 valence electrons. The molecule has 3 nitrogen and oxygen atoms in total. The molecule has 1 aromatic carbocycles. The van der Waals surface area contributed by atoms with E-state index in [1.54, 1.807) is 19.2 Å². The highest BCUT2D eigenvalue weighted by atomic mass is 16.5. The van der Waals surface area contributed by atoms with E-state index in [9.17, 15) is 10.2 Å². The van der Waals surface area contributed by atoms with Crippen LogP contribution in [0, 0.1) is 0 Å². The number of phenolic OH excluding ortho intramolecular Hbond substituents is 1. The Labute approximate surface area is 154 Å². The average Bonchev–Trinajstić information content (AvgIpc) is 2.59. The molecule has 0 bridgehead atoms. The lowest BCUT2D eigenvalue weighted by molar-refractivity contribution is 0.160. The van der Waals surface area contributed by atoms with Crippen LogP contribution in [0.15, 0.2) is 18.2 Å². The zero-order valence-corrected chi connectivity index (χ0v) is 16.3. The fourth-order valence-corrected chi connectivity index (χ4v) is 3.30. The molecule has 0 spiro atoms. The second-order valence-electron chi connectivity index (χ2n) is 7.22. The molecule has 0 radical (unpaired) electrons. The first-order valence-electron chi connectivity index (χ1n) is 10.2. The molecule has 0 unspecified atom stereocenters. The molecule has 0 aliphatic rings. The van der Waals surface area contributed by atoms with E-state index in [1.165, 1.54) is 64.2 Å². The maximum absolute atomic E-state index is 10.2. The van der Waals surface area contributed by atoms with Gasteiger partial charge in [-0.1, -0.05) is 77.6 Å². The molecular formula is C22H38O3. The van der Waals surface area contributed by atoms with Gasteiger partial charge in [-0.25, -0.2) is 0 Å². The first kappa shape index (κ1) is 21.8. The first-order valence-corrected chi connectivity index (χ1v) is 10.2. The van der Waals surface area contributed by atoms with Gasteiger partial charge >= 0.3 is 0 Å². The molecule has 1 rings (SSSR count). The normalized spacial score (nSPS) is 12.3. The number of benzene rings is 1. The molecule has 0 saturated carbocycles. The van der Waals surface area contributed by atoms with Crippen LogP contribution in [-0.4, -0.2) is 23.4 Å². The number of rotatable bonds is 15.